The normalized spacial score (nSPS) is 11.5. The summed E-state index contributed by atoms with van der Waals surface area (Å²) in [6.07, 6.45) is 0. The third-order valence-electron chi connectivity index (χ3n) is 8.01. The Morgan fingerprint density at radius 2 is 0.875 bits per heavy atom. The summed E-state index contributed by atoms with van der Waals surface area (Å²) in [6, 6.07) is 54.6. The van der Waals surface area contributed by atoms with E-state index in [9.17, 15) is 0 Å². The highest BCUT2D eigenvalue weighted by Crippen LogP contribution is 2.38. The standard InChI is InChI=1S/C39H25N/c1-2-8-26(9-3-1)36-24-28-11-4-5-12-29(28)25-37(36)32-16-19-34-30(22-32)14-15-31-23-33(17-20-35(31)34)39-21-18-27-10-6-7-13-38(27)40-39/h1-25H. The van der Waals surface area contributed by atoms with Gasteiger partial charge in [0.25, 0.3) is 0 Å². The van der Waals surface area contributed by atoms with E-state index in [2.05, 4.69) is 146 Å². The maximum absolute atomic E-state index is 4.91. The molecule has 0 atom stereocenters. The fourth-order valence-corrected chi connectivity index (χ4v) is 5.96. The molecule has 0 saturated heterocycles. The van der Waals surface area contributed by atoms with E-state index in [1.807, 2.05) is 6.07 Å². The molecule has 0 saturated carbocycles. The Hall–Kier alpha value is -5.27. The smallest absolute Gasteiger partial charge is 0.0709 e. The van der Waals surface area contributed by atoms with Crippen LogP contribution < -0.4 is 0 Å². The van der Waals surface area contributed by atoms with Crippen LogP contribution in [0.25, 0.3) is 76.7 Å². The third-order valence-corrected chi connectivity index (χ3v) is 8.01. The van der Waals surface area contributed by atoms with Crippen LogP contribution in [0, 0.1) is 0 Å². The molecule has 186 valence electrons. The van der Waals surface area contributed by atoms with Crippen molar-refractivity contribution in [2.45, 2.75) is 0 Å². The van der Waals surface area contributed by atoms with Gasteiger partial charge in [-0.3, -0.25) is 0 Å². The quantitative estimate of drug-likeness (QED) is 0.217. The van der Waals surface area contributed by atoms with E-state index in [4.69, 9.17) is 4.98 Å². The molecule has 1 aromatic heterocycles. The second-order valence-corrected chi connectivity index (χ2v) is 10.4. The van der Waals surface area contributed by atoms with Crippen LogP contribution in [-0.4, -0.2) is 4.98 Å². The van der Waals surface area contributed by atoms with Crippen molar-refractivity contribution in [3.8, 4) is 33.5 Å². The summed E-state index contributed by atoms with van der Waals surface area (Å²) in [5.74, 6) is 0. The van der Waals surface area contributed by atoms with Gasteiger partial charge < -0.3 is 0 Å². The summed E-state index contributed by atoms with van der Waals surface area (Å²) >= 11 is 0. The Labute approximate surface area is 233 Å². The summed E-state index contributed by atoms with van der Waals surface area (Å²) in [4.78, 5) is 4.91. The molecule has 0 aliphatic heterocycles. The number of nitrogens with zero attached hydrogens (tertiary/aromatic N) is 1. The van der Waals surface area contributed by atoms with Crippen molar-refractivity contribution in [2.24, 2.45) is 0 Å². The fourth-order valence-electron chi connectivity index (χ4n) is 5.96. The molecular weight excluding hydrogens is 482 g/mol. The number of pyridine rings is 1. The fraction of sp³-hybridized carbons (Fsp3) is 0. The lowest BCUT2D eigenvalue weighted by molar-refractivity contribution is 1.40. The van der Waals surface area contributed by atoms with Gasteiger partial charge >= 0.3 is 0 Å². The monoisotopic (exact) mass is 507 g/mol. The lowest BCUT2D eigenvalue weighted by Gasteiger charge is -2.14. The molecule has 0 amide bonds. The average molecular weight is 508 g/mol. The van der Waals surface area contributed by atoms with Crippen molar-refractivity contribution in [3.05, 3.63) is 152 Å². The number of rotatable bonds is 3. The van der Waals surface area contributed by atoms with E-state index < -0.39 is 0 Å². The Balaban J connectivity index is 1.26. The highest BCUT2D eigenvalue weighted by Gasteiger charge is 2.12. The van der Waals surface area contributed by atoms with Gasteiger partial charge in [-0.25, -0.2) is 4.98 Å². The first-order valence-corrected chi connectivity index (χ1v) is 13.7. The number of benzene rings is 7. The summed E-state index contributed by atoms with van der Waals surface area (Å²) in [5.41, 5.74) is 8.13. The van der Waals surface area contributed by atoms with Crippen molar-refractivity contribution in [1.29, 1.82) is 0 Å². The zero-order valence-electron chi connectivity index (χ0n) is 21.9. The topological polar surface area (TPSA) is 12.9 Å². The van der Waals surface area contributed by atoms with Gasteiger partial charge in [-0.15, -0.1) is 0 Å². The molecule has 40 heavy (non-hydrogen) atoms. The Kier molecular flexibility index (Phi) is 5.21. The molecule has 8 aromatic rings. The molecule has 0 spiro atoms. The maximum Gasteiger partial charge on any atom is 0.0709 e. The molecule has 1 nitrogen and oxygen atoms in total. The first-order chi connectivity index (χ1) is 19.8. The predicted octanol–water partition coefficient (Wildman–Crippen LogP) is 10.7. The molecule has 0 bridgehead atoms. The summed E-state index contributed by atoms with van der Waals surface area (Å²) in [6.45, 7) is 0. The zero-order chi connectivity index (χ0) is 26.5. The minimum Gasteiger partial charge on any atom is -0.248 e. The Morgan fingerprint density at radius 1 is 0.325 bits per heavy atom. The molecule has 1 heteroatoms. The maximum atomic E-state index is 4.91. The van der Waals surface area contributed by atoms with Gasteiger partial charge in [0.1, 0.15) is 0 Å². The minimum absolute atomic E-state index is 1.00. The number of fused-ring (bicyclic) bond motifs is 5. The molecule has 0 radical (unpaired) electrons. The van der Waals surface area contributed by atoms with Gasteiger partial charge in [0, 0.05) is 10.9 Å². The van der Waals surface area contributed by atoms with Gasteiger partial charge in [0.05, 0.1) is 11.2 Å². The van der Waals surface area contributed by atoms with Gasteiger partial charge in [-0.05, 0) is 91.0 Å². The molecule has 0 N–H and O–H groups in total. The number of para-hydroxylation sites is 1. The summed E-state index contributed by atoms with van der Waals surface area (Å²) < 4.78 is 0. The summed E-state index contributed by atoms with van der Waals surface area (Å²) in [7, 11) is 0. The molecule has 7 aromatic carbocycles. The van der Waals surface area contributed by atoms with E-state index in [-0.39, 0.29) is 0 Å². The zero-order valence-corrected chi connectivity index (χ0v) is 21.9. The van der Waals surface area contributed by atoms with E-state index >= 15 is 0 Å². The van der Waals surface area contributed by atoms with E-state index in [0.717, 1.165) is 22.2 Å². The van der Waals surface area contributed by atoms with Crippen LogP contribution in [0.2, 0.25) is 0 Å². The van der Waals surface area contributed by atoms with Crippen LogP contribution in [0.4, 0.5) is 0 Å². The molecule has 0 fully saturated rings. The van der Waals surface area contributed by atoms with E-state index in [1.54, 1.807) is 0 Å². The third kappa shape index (κ3) is 3.83. The van der Waals surface area contributed by atoms with Crippen LogP contribution in [0.3, 0.4) is 0 Å². The minimum atomic E-state index is 1.00. The van der Waals surface area contributed by atoms with Crippen molar-refractivity contribution in [2.75, 3.05) is 0 Å². The van der Waals surface area contributed by atoms with Crippen molar-refractivity contribution >= 4 is 43.2 Å². The van der Waals surface area contributed by atoms with Crippen LogP contribution in [0.1, 0.15) is 0 Å². The predicted molar refractivity (Wildman–Crippen MR) is 171 cm³/mol. The van der Waals surface area contributed by atoms with Crippen molar-refractivity contribution in [1.82, 2.24) is 4.98 Å². The lowest BCUT2D eigenvalue weighted by atomic mass is 9.90. The first-order valence-electron chi connectivity index (χ1n) is 13.7. The second kappa shape index (κ2) is 9.18. The van der Waals surface area contributed by atoms with Crippen LogP contribution in [0.15, 0.2) is 152 Å². The Bertz CT molecular complexity index is 2210. The molecule has 0 aliphatic rings. The van der Waals surface area contributed by atoms with Gasteiger partial charge in [-0.2, -0.15) is 0 Å². The largest absolute Gasteiger partial charge is 0.248 e. The van der Waals surface area contributed by atoms with Crippen LogP contribution in [-0.2, 0) is 0 Å². The number of hydrogen-bond donors (Lipinski definition) is 0. The molecule has 8 rings (SSSR count). The van der Waals surface area contributed by atoms with Crippen LogP contribution in [0.5, 0.6) is 0 Å². The number of hydrogen-bond acceptors (Lipinski definition) is 1. The highest BCUT2D eigenvalue weighted by molar-refractivity contribution is 6.10. The van der Waals surface area contributed by atoms with Crippen molar-refractivity contribution in [3.63, 3.8) is 0 Å². The van der Waals surface area contributed by atoms with Crippen molar-refractivity contribution < 1.29 is 0 Å². The highest BCUT2D eigenvalue weighted by atomic mass is 14.7. The molecular formula is C39H25N. The van der Waals surface area contributed by atoms with Crippen LogP contribution >= 0.6 is 0 Å². The number of aromatic nitrogens is 1. The SMILES string of the molecule is c1ccc(-c2cc3ccccc3cc2-c2ccc3c(ccc4cc(-c5ccc6ccccc6n5)ccc43)c2)cc1. The van der Waals surface area contributed by atoms with E-state index in [0.29, 0.717) is 0 Å². The van der Waals surface area contributed by atoms with E-state index in [1.165, 1.54) is 54.6 Å². The molecule has 0 unspecified atom stereocenters. The van der Waals surface area contributed by atoms with Gasteiger partial charge in [0.2, 0.25) is 0 Å². The lowest BCUT2D eigenvalue weighted by Crippen LogP contribution is -1.88. The molecule has 0 aliphatic carbocycles. The summed E-state index contributed by atoms with van der Waals surface area (Å²) in [5, 5.41) is 8.67. The average Bonchev–Trinajstić information content (AvgIpc) is 3.03. The molecule has 1 heterocycles. The first kappa shape index (κ1) is 22.7. The van der Waals surface area contributed by atoms with Gasteiger partial charge in [-0.1, -0.05) is 115 Å². The Morgan fingerprint density at radius 3 is 1.60 bits per heavy atom. The van der Waals surface area contributed by atoms with Gasteiger partial charge in [0.15, 0.2) is 0 Å². The second-order valence-electron chi connectivity index (χ2n) is 10.4.